The molecule has 2 heterocycles. The monoisotopic (exact) mass is 384 g/mol. The van der Waals surface area contributed by atoms with Crippen LogP contribution in [0.2, 0.25) is 5.02 Å². The number of methoxy groups -OCH3 is 1. The predicted octanol–water partition coefficient (Wildman–Crippen LogP) is 3.05. The minimum absolute atomic E-state index is 0.132. The van der Waals surface area contributed by atoms with Gasteiger partial charge in [-0.05, 0) is 44.1 Å². The van der Waals surface area contributed by atoms with Crippen LogP contribution < -0.4 is 10.6 Å². The SMILES string of the molecule is COC1(C(=O)Nc2ccc(Sc3nncs3)c(Cl)c2)CCNCC1. The van der Waals surface area contributed by atoms with Crippen LogP contribution in [0.5, 0.6) is 0 Å². The van der Waals surface area contributed by atoms with Gasteiger partial charge in [-0.15, -0.1) is 10.2 Å². The molecule has 0 saturated carbocycles. The van der Waals surface area contributed by atoms with E-state index in [4.69, 9.17) is 16.3 Å². The summed E-state index contributed by atoms with van der Waals surface area (Å²) in [7, 11) is 1.58. The second-order valence-corrected chi connectivity index (χ2v) is 7.88. The average molecular weight is 385 g/mol. The van der Waals surface area contributed by atoms with Gasteiger partial charge in [-0.3, -0.25) is 4.79 Å². The highest BCUT2D eigenvalue weighted by molar-refractivity contribution is 8.01. The molecule has 1 aliphatic rings. The van der Waals surface area contributed by atoms with Crippen molar-refractivity contribution in [2.75, 3.05) is 25.5 Å². The minimum Gasteiger partial charge on any atom is -0.368 e. The van der Waals surface area contributed by atoms with Gasteiger partial charge in [0.1, 0.15) is 11.1 Å². The highest BCUT2D eigenvalue weighted by Crippen LogP contribution is 2.35. The second kappa shape index (κ2) is 7.79. The molecule has 0 spiro atoms. The van der Waals surface area contributed by atoms with Crippen molar-refractivity contribution in [3.63, 3.8) is 0 Å². The van der Waals surface area contributed by atoms with E-state index in [1.807, 2.05) is 12.1 Å². The van der Waals surface area contributed by atoms with Gasteiger partial charge < -0.3 is 15.4 Å². The number of anilines is 1. The number of carbonyl (C=O) groups excluding carboxylic acids is 1. The third-order valence-electron chi connectivity index (χ3n) is 3.94. The van der Waals surface area contributed by atoms with Gasteiger partial charge in [0.25, 0.3) is 5.91 Å². The molecule has 6 nitrogen and oxygen atoms in total. The van der Waals surface area contributed by atoms with Crippen molar-refractivity contribution >= 4 is 46.3 Å². The molecule has 0 radical (unpaired) electrons. The first-order chi connectivity index (χ1) is 11.6. The molecule has 1 saturated heterocycles. The van der Waals surface area contributed by atoms with Crippen LogP contribution in [0, 0.1) is 0 Å². The van der Waals surface area contributed by atoms with Crippen LogP contribution in [-0.2, 0) is 9.53 Å². The second-order valence-electron chi connectivity index (χ2n) is 5.35. The number of ether oxygens (including phenoxy) is 1. The van der Waals surface area contributed by atoms with E-state index in [1.54, 1.807) is 18.7 Å². The zero-order valence-corrected chi connectivity index (χ0v) is 15.4. The molecule has 24 heavy (non-hydrogen) atoms. The summed E-state index contributed by atoms with van der Waals surface area (Å²) in [4.78, 5) is 13.5. The van der Waals surface area contributed by atoms with E-state index >= 15 is 0 Å². The summed E-state index contributed by atoms with van der Waals surface area (Å²) >= 11 is 9.23. The van der Waals surface area contributed by atoms with Gasteiger partial charge in [-0.25, -0.2) is 0 Å². The van der Waals surface area contributed by atoms with Crippen molar-refractivity contribution < 1.29 is 9.53 Å². The van der Waals surface area contributed by atoms with Crippen molar-refractivity contribution in [1.82, 2.24) is 15.5 Å². The number of benzene rings is 1. The molecule has 1 amide bonds. The molecule has 1 aromatic heterocycles. The van der Waals surface area contributed by atoms with E-state index in [9.17, 15) is 4.79 Å². The summed E-state index contributed by atoms with van der Waals surface area (Å²) in [6.45, 7) is 1.53. The minimum atomic E-state index is -0.780. The quantitative estimate of drug-likeness (QED) is 0.825. The van der Waals surface area contributed by atoms with E-state index in [1.165, 1.54) is 23.1 Å². The van der Waals surface area contributed by atoms with Gasteiger partial charge in [0.05, 0.1) is 5.02 Å². The van der Waals surface area contributed by atoms with E-state index in [-0.39, 0.29) is 5.91 Å². The van der Waals surface area contributed by atoms with Crippen LogP contribution in [0.15, 0.2) is 32.9 Å². The molecule has 0 bridgehead atoms. The number of nitrogens with zero attached hydrogens (tertiary/aromatic N) is 2. The Labute approximate surface area is 153 Å². The molecular weight excluding hydrogens is 368 g/mol. The van der Waals surface area contributed by atoms with Crippen LogP contribution in [0.25, 0.3) is 0 Å². The van der Waals surface area contributed by atoms with Crippen molar-refractivity contribution in [1.29, 1.82) is 0 Å². The third kappa shape index (κ3) is 3.89. The summed E-state index contributed by atoms with van der Waals surface area (Å²) in [6.07, 6.45) is 1.29. The fourth-order valence-electron chi connectivity index (χ4n) is 2.56. The largest absolute Gasteiger partial charge is 0.368 e. The maximum Gasteiger partial charge on any atom is 0.256 e. The fourth-order valence-corrected chi connectivity index (χ4v) is 4.30. The molecule has 9 heteroatoms. The van der Waals surface area contributed by atoms with Gasteiger partial charge in [0, 0.05) is 17.7 Å². The predicted molar refractivity (Wildman–Crippen MR) is 96.0 cm³/mol. The highest BCUT2D eigenvalue weighted by Gasteiger charge is 2.39. The highest BCUT2D eigenvalue weighted by atomic mass is 35.5. The van der Waals surface area contributed by atoms with Crippen LogP contribution in [-0.4, -0.2) is 41.9 Å². The lowest BCUT2D eigenvalue weighted by Crippen LogP contribution is -2.51. The Hall–Kier alpha value is -1.19. The maximum absolute atomic E-state index is 12.6. The number of rotatable bonds is 5. The van der Waals surface area contributed by atoms with E-state index < -0.39 is 5.60 Å². The van der Waals surface area contributed by atoms with Gasteiger partial charge in [0.15, 0.2) is 4.34 Å². The summed E-state index contributed by atoms with van der Waals surface area (Å²) in [5.41, 5.74) is 1.55. The van der Waals surface area contributed by atoms with Crippen molar-refractivity contribution in [2.24, 2.45) is 0 Å². The number of aromatic nitrogens is 2. The Balaban J connectivity index is 1.71. The summed E-state index contributed by atoms with van der Waals surface area (Å²) in [5, 5.41) is 14.5. The number of nitrogens with one attached hydrogen (secondary N) is 2. The molecule has 128 valence electrons. The number of hydrogen-bond acceptors (Lipinski definition) is 7. The van der Waals surface area contributed by atoms with Gasteiger partial charge in [-0.2, -0.15) is 0 Å². The standard InChI is InChI=1S/C15H17ClN4O2S2/c1-22-15(4-6-17-7-5-15)13(21)19-10-2-3-12(11(16)8-10)24-14-20-18-9-23-14/h2-3,8-9,17H,4-7H2,1H3,(H,19,21). The molecule has 2 aromatic rings. The van der Waals surface area contributed by atoms with Crippen molar-refractivity contribution in [3.05, 3.63) is 28.7 Å². The number of carbonyl (C=O) groups is 1. The lowest BCUT2D eigenvalue weighted by molar-refractivity contribution is -0.140. The van der Waals surface area contributed by atoms with Crippen LogP contribution in [0.1, 0.15) is 12.8 Å². The van der Waals surface area contributed by atoms with Gasteiger partial charge in [-0.1, -0.05) is 34.7 Å². The van der Waals surface area contributed by atoms with E-state index in [2.05, 4.69) is 20.8 Å². The smallest absolute Gasteiger partial charge is 0.256 e. The average Bonchev–Trinajstić information content (AvgIpc) is 3.11. The van der Waals surface area contributed by atoms with Crippen LogP contribution >= 0.6 is 34.7 Å². The first kappa shape index (κ1) is 17.6. The fraction of sp³-hybridized carbons (Fsp3) is 0.400. The van der Waals surface area contributed by atoms with E-state index in [0.29, 0.717) is 23.6 Å². The summed E-state index contributed by atoms with van der Waals surface area (Å²) < 4.78 is 6.35. The molecule has 2 N–H and O–H groups in total. The molecule has 1 aromatic carbocycles. The third-order valence-corrected chi connectivity index (χ3v) is 6.22. The lowest BCUT2D eigenvalue weighted by Gasteiger charge is -2.34. The molecule has 0 unspecified atom stereocenters. The molecular formula is C15H17ClN4O2S2. The Bertz CT molecular complexity index is 706. The Morgan fingerprint density at radius 1 is 1.46 bits per heavy atom. The molecule has 0 atom stereocenters. The summed E-state index contributed by atoms with van der Waals surface area (Å²) in [5.74, 6) is -0.132. The first-order valence-corrected chi connectivity index (χ1v) is 9.51. The molecule has 0 aliphatic carbocycles. The lowest BCUT2D eigenvalue weighted by atomic mass is 9.91. The van der Waals surface area contributed by atoms with Crippen LogP contribution in [0.3, 0.4) is 0 Å². The number of hydrogen-bond donors (Lipinski definition) is 2. The Morgan fingerprint density at radius 2 is 2.25 bits per heavy atom. The van der Waals surface area contributed by atoms with Crippen LogP contribution in [0.4, 0.5) is 5.69 Å². The number of piperidine rings is 1. The van der Waals surface area contributed by atoms with Crippen molar-refractivity contribution in [2.45, 2.75) is 27.7 Å². The van der Waals surface area contributed by atoms with Crippen molar-refractivity contribution in [3.8, 4) is 0 Å². The van der Waals surface area contributed by atoms with E-state index in [0.717, 1.165) is 22.3 Å². The number of amides is 1. The maximum atomic E-state index is 12.6. The first-order valence-electron chi connectivity index (χ1n) is 7.44. The molecule has 1 aliphatic heterocycles. The zero-order valence-electron chi connectivity index (χ0n) is 13.0. The Kier molecular flexibility index (Phi) is 5.72. The zero-order chi connectivity index (χ0) is 17.0. The Morgan fingerprint density at radius 3 is 2.88 bits per heavy atom. The van der Waals surface area contributed by atoms with Gasteiger partial charge >= 0.3 is 0 Å². The molecule has 3 rings (SSSR count). The number of halogens is 1. The van der Waals surface area contributed by atoms with Gasteiger partial charge in [0.2, 0.25) is 0 Å². The summed E-state index contributed by atoms with van der Waals surface area (Å²) in [6, 6.07) is 5.44. The molecule has 1 fully saturated rings. The normalized spacial score (nSPS) is 16.8. The topological polar surface area (TPSA) is 76.1 Å².